The third kappa shape index (κ3) is 1.69. The van der Waals surface area contributed by atoms with E-state index in [-0.39, 0.29) is 0 Å². The largest absolute Gasteiger partial charge is 0.372 e. The van der Waals surface area contributed by atoms with Crippen LogP contribution in [0.25, 0.3) is 11.0 Å². The van der Waals surface area contributed by atoms with Crippen molar-refractivity contribution in [2.24, 2.45) is 7.05 Å². The maximum Gasteiger partial charge on any atom is 0.163 e. The van der Waals surface area contributed by atoms with Gasteiger partial charge in [0.15, 0.2) is 11.5 Å². The maximum atomic E-state index is 4.52. The van der Waals surface area contributed by atoms with Gasteiger partial charge in [-0.3, -0.25) is 4.68 Å². The van der Waals surface area contributed by atoms with Gasteiger partial charge in [-0.25, -0.2) is 15.0 Å². The second-order valence-electron chi connectivity index (χ2n) is 3.98. The summed E-state index contributed by atoms with van der Waals surface area (Å²) in [6.07, 6.45) is 7.13. The molecule has 0 aromatic carbocycles. The highest BCUT2D eigenvalue weighted by molar-refractivity contribution is 5.86. The number of imidazole rings is 1. The fraction of sp³-hybridized carbons (Fsp3) is 0.273. The Kier molecular flexibility index (Phi) is 2.44. The fourth-order valence-corrected chi connectivity index (χ4v) is 1.87. The summed E-state index contributed by atoms with van der Waals surface area (Å²) in [5.74, 6) is 1.52. The molecule has 7 nitrogen and oxygen atoms in total. The fourth-order valence-electron chi connectivity index (χ4n) is 1.87. The van der Waals surface area contributed by atoms with Crippen LogP contribution in [0.4, 0.5) is 5.82 Å². The van der Waals surface area contributed by atoms with Crippen molar-refractivity contribution in [3.8, 4) is 0 Å². The lowest BCUT2D eigenvalue weighted by molar-refractivity contribution is 0.735. The molecular formula is C11H13N7. The van der Waals surface area contributed by atoms with Gasteiger partial charge in [-0.15, -0.1) is 0 Å². The molecule has 3 rings (SSSR count). The summed E-state index contributed by atoms with van der Waals surface area (Å²) in [6, 6.07) is 0. The number of nitrogens with zero attached hydrogens (tertiary/aromatic N) is 6. The highest BCUT2D eigenvalue weighted by Gasteiger charge is 2.10. The van der Waals surface area contributed by atoms with Crippen molar-refractivity contribution in [1.82, 2.24) is 29.3 Å². The van der Waals surface area contributed by atoms with E-state index in [1.807, 2.05) is 24.9 Å². The van der Waals surface area contributed by atoms with Crippen molar-refractivity contribution in [3.05, 3.63) is 30.7 Å². The number of anilines is 1. The summed E-state index contributed by atoms with van der Waals surface area (Å²) in [6.45, 7) is 0.593. The second kappa shape index (κ2) is 4.10. The Labute approximate surface area is 104 Å². The van der Waals surface area contributed by atoms with E-state index in [4.69, 9.17) is 0 Å². The van der Waals surface area contributed by atoms with Crippen LogP contribution in [0.15, 0.2) is 24.9 Å². The summed E-state index contributed by atoms with van der Waals surface area (Å²) in [5.41, 5.74) is 0.824. The van der Waals surface area contributed by atoms with Gasteiger partial charge in [-0.2, -0.15) is 5.10 Å². The normalized spacial score (nSPS) is 11.0. The summed E-state index contributed by atoms with van der Waals surface area (Å²) in [7, 11) is 3.71. The molecule has 3 heterocycles. The van der Waals surface area contributed by atoms with Crippen LogP contribution in [0.5, 0.6) is 0 Å². The van der Waals surface area contributed by atoms with Crippen LogP contribution in [-0.2, 0) is 13.6 Å². The van der Waals surface area contributed by atoms with Crippen LogP contribution in [-0.4, -0.2) is 36.3 Å². The van der Waals surface area contributed by atoms with Crippen LogP contribution in [0, 0.1) is 0 Å². The first-order valence-electron chi connectivity index (χ1n) is 5.60. The van der Waals surface area contributed by atoms with E-state index in [2.05, 4.69) is 25.4 Å². The van der Waals surface area contributed by atoms with Gasteiger partial charge in [-0.05, 0) is 0 Å². The first-order valence-corrected chi connectivity index (χ1v) is 5.60. The van der Waals surface area contributed by atoms with Crippen molar-refractivity contribution in [2.75, 3.05) is 12.4 Å². The van der Waals surface area contributed by atoms with Gasteiger partial charge in [0.25, 0.3) is 0 Å². The molecule has 0 radical (unpaired) electrons. The number of rotatable bonds is 3. The molecule has 0 saturated heterocycles. The molecule has 1 N–H and O–H groups in total. The molecule has 0 bridgehead atoms. The monoisotopic (exact) mass is 243 g/mol. The Morgan fingerprint density at radius 2 is 2.22 bits per heavy atom. The maximum absolute atomic E-state index is 4.52. The van der Waals surface area contributed by atoms with Gasteiger partial charge in [0, 0.05) is 26.5 Å². The number of aryl methyl sites for hydroxylation is 1. The van der Waals surface area contributed by atoms with Crippen molar-refractivity contribution in [3.63, 3.8) is 0 Å². The van der Waals surface area contributed by atoms with Gasteiger partial charge in [-0.1, -0.05) is 0 Å². The molecule has 3 aromatic rings. The van der Waals surface area contributed by atoms with E-state index in [0.29, 0.717) is 6.54 Å². The predicted octanol–water partition coefficient (Wildman–Crippen LogP) is 0.650. The zero-order valence-corrected chi connectivity index (χ0v) is 10.2. The van der Waals surface area contributed by atoms with Gasteiger partial charge < -0.3 is 9.88 Å². The molecule has 0 amide bonds. The zero-order valence-electron chi connectivity index (χ0n) is 10.2. The van der Waals surface area contributed by atoms with Crippen LogP contribution in [0.1, 0.15) is 5.82 Å². The van der Waals surface area contributed by atoms with Crippen molar-refractivity contribution >= 4 is 16.9 Å². The summed E-state index contributed by atoms with van der Waals surface area (Å²) >= 11 is 0. The summed E-state index contributed by atoms with van der Waals surface area (Å²) in [4.78, 5) is 13.0. The van der Waals surface area contributed by atoms with Crippen molar-refractivity contribution in [1.29, 1.82) is 0 Å². The Bertz CT molecular complexity index is 668. The first kappa shape index (κ1) is 10.7. The Morgan fingerprint density at radius 1 is 1.33 bits per heavy atom. The molecule has 0 fully saturated rings. The van der Waals surface area contributed by atoms with E-state index in [0.717, 1.165) is 22.7 Å². The average molecular weight is 243 g/mol. The van der Waals surface area contributed by atoms with Crippen LogP contribution in [0.2, 0.25) is 0 Å². The zero-order chi connectivity index (χ0) is 12.5. The standard InChI is InChI=1S/C11H13N7/c1-12-10-8-5-14-17(2)11(8)16-9(15-10)6-18-4-3-13-7-18/h3-5,7H,6H2,1-2H3,(H,12,15,16). The molecular weight excluding hydrogens is 230 g/mol. The minimum Gasteiger partial charge on any atom is -0.372 e. The van der Waals surface area contributed by atoms with E-state index in [9.17, 15) is 0 Å². The van der Waals surface area contributed by atoms with Crippen molar-refractivity contribution < 1.29 is 0 Å². The third-order valence-electron chi connectivity index (χ3n) is 2.76. The molecule has 7 heteroatoms. The van der Waals surface area contributed by atoms with Gasteiger partial charge in [0.2, 0.25) is 0 Å². The number of hydrogen-bond acceptors (Lipinski definition) is 5. The third-order valence-corrected chi connectivity index (χ3v) is 2.76. The van der Waals surface area contributed by atoms with E-state index in [1.54, 1.807) is 23.4 Å². The quantitative estimate of drug-likeness (QED) is 0.731. The lowest BCUT2D eigenvalue weighted by atomic mass is 10.4. The Balaban J connectivity index is 2.09. The molecule has 0 spiro atoms. The first-order chi connectivity index (χ1) is 8.78. The SMILES string of the molecule is CNc1nc(Cn2ccnc2)nc2c1cnn2C. The van der Waals surface area contributed by atoms with Crippen LogP contribution in [0.3, 0.4) is 0 Å². The van der Waals surface area contributed by atoms with Crippen LogP contribution >= 0.6 is 0 Å². The summed E-state index contributed by atoms with van der Waals surface area (Å²) in [5, 5.41) is 8.20. The molecule has 3 aromatic heterocycles. The number of fused-ring (bicyclic) bond motifs is 1. The number of nitrogens with one attached hydrogen (secondary N) is 1. The molecule has 0 atom stereocenters. The van der Waals surface area contributed by atoms with E-state index >= 15 is 0 Å². The number of hydrogen-bond donors (Lipinski definition) is 1. The van der Waals surface area contributed by atoms with Gasteiger partial charge in [0.05, 0.1) is 24.5 Å². The topological polar surface area (TPSA) is 73.5 Å². The van der Waals surface area contributed by atoms with Crippen LogP contribution < -0.4 is 5.32 Å². The lowest BCUT2D eigenvalue weighted by Crippen LogP contribution is -2.06. The van der Waals surface area contributed by atoms with E-state index < -0.39 is 0 Å². The van der Waals surface area contributed by atoms with Gasteiger partial charge >= 0.3 is 0 Å². The molecule has 0 aliphatic carbocycles. The minimum absolute atomic E-state index is 0.593. The molecule has 0 saturated carbocycles. The molecule has 92 valence electrons. The minimum atomic E-state index is 0.593. The molecule has 0 unspecified atom stereocenters. The number of aromatic nitrogens is 6. The Morgan fingerprint density at radius 3 is 2.94 bits per heavy atom. The smallest absolute Gasteiger partial charge is 0.163 e. The van der Waals surface area contributed by atoms with Gasteiger partial charge in [0.1, 0.15) is 5.82 Å². The molecule has 18 heavy (non-hydrogen) atoms. The predicted molar refractivity (Wildman–Crippen MR) is 67.2 cm³/mol. The highest BCUT2D eigenvalue weighted by atomic mass is 15.3. The highest BCUT2D eigenvalue weighted by Crippen LogP contribution is 2.19. The Hall–Kier alpha value is -2.44. The van der Waals surface area contributed by atoms with Crippen molar-refractivity contribution in [2.45, 2.75) is 6.54 Å². The second-order valence-corrected chi connectivity index (χ2v) is 3.98. The molecule has 0 aliphatic heterocycles. The summed E-state index contributed by atoms with van der Waals surface area (Å²) < 4.78 is 3.67. The molecule has 0 aliphatic rings. The lowest BCUT2D eigenvalue weighted by Gasteiger charge is -2.06. The average Bonchev–Trinajstić information content (AvgIpc) is 3.00. The van der Waals surface area contributed by atoms with E-state index in [1.165, 1.54) is 0 Å².